The highest BCUT2D eigenvalue weighted by Gasteiger charge is 2.23. The minimum absolute atomic E-state index is 0.0408. The van der Waals surface area contributed by atoms with Crippen molar-refractivity contribution in [1.29, 1.82) is 0 Å². The second-order valence-electron chi connectivity index (χ2n) is 4.10. The molecule has 5 heteroatoms. The minimum atomic E-state index is -0.308. The van der Waals surface area contributed by atoms with Gasteiger partial charge in [-0.1, -0.05) is 6.07 Å². The van der Waals surface area contributed by atoms with Crippen molar-refractivity contribution in [2.24, 2.45) is 0 Å². The highest BCUT2D eigenvalue weighted by atomic mass is 16.3. The van der Waals surface area contributed by atoms with Crippen molar-refractivity contribution >= 4 is 11.8 Å². The first kappa shape index (κ1) is 11.4. The molecule has 1 aliphatic heterocycles. The molecule has 1 aromatic carbocycles. The van der Waals surface area contributed by atoms with Gasteiger partial charge < -0.3 is 15.3 Å². The second kappa shape index (κ2) is 4.45. The Morgan fingerprint density at radius 3 is 2.88 bits per heavy atom. The first-order valence-corrected chi connectivity index (χ1v) is 5.43. The molecule has 5 nitrogen and oxygen atoms in total. The highest BCUT2D eigenvalue weighted by molar-refractivity contribution is 5.99. The molecule has 0 aliphatic carbocycles. The normalized spacial score (nSPS) is 15.6. The van der Waals surface area contributed by atoms with Gasteiger partial charge in [-0.3, -0.25) is 9.59 Å². The average molecular weight is 234 g/mol. The van der Waals surface area contributed by atoms with Gasteiger partial charge in [0.2, 0.25) is 5.91 Å². The van der Waals surface area contributed by atoms with E-state index < -0.39 is 0 Å². The maximum Gasteiger partial charge on any atom is 0.258 e. The van der Waals surface area contributed by atoms with Gasteiger partial charge in [-0.15, -0.1) is 0 Å². The van der Waals surface area contributed by atoms with Gasteiger partial charge in [-0.05, 0) is 24.6 Å². The van der Waals surface area contributed by atoms with Crippen molar-refractivity contribution in [3.05, 3.63) is 29.3 Å². The molecule has 1 fully saturated rings. The van der Waals surface area contributed by atoms with Crippen molar-refractivity contribution < 1.29 is 14.7 Å². The Hall–Kier alpha value is -2.04. The van der Waals surface area contributed by atoms with Gasteiger partial charge in [0, 0.05) is 13.1 Å². The molecule has 1 heterocycles. The number of aryl methyl sites for hydroxylation is 1. The molecule has 1 aliphatic rings. The van der Waals surface area contributed by atoms with Crippen LogP contribution in [0.2, 0.25) is 0 Å². The maximum absolute atomic E-state index is 12.1. The van der Waals surface area contributed by atoms with Crippen LogP contribution in [-0.4, -0.2) is 41.5 Å². The topological polar surface area (TPSA) is 69.6 Å². The molecule has 2 amide bonds. The van der Waals surface area contributed by atoms with Crippen molar-refractivity contribution in [3.8, 4) is 5.75 Å². The lowest BCUT2D eigenvalue weighted by molar-refractivity contribution is -0.123. The van der Waals surface area contributed by atoms with Crippen LogP contribution in [0.3, 0.4) is 0 Å². The van der Waals surface area contributed by atoms with E-state index in [1.165, 1.54) is 11.0 Å². The number of hydrogen-bond donors (Lipinski definition) is 2. The minimum Gasteiger partial charge on any atom is -0.507 e. The summed E-state index contributed by atoms with van der Waals surface area (Å²) in [6.07, 6.45) is 0. The fourth-order valence-electron chi connectivity index (χ4n) is 1.80. The number of nitrogens with zero attached hydrogens (tertiary/aromatic N) is 1. The lowest BCUT2D eigenvalue weighted by Gasteiger charge is -2.26. The Morgan fingerprint density at radius 1 is 1.47 bits per heavy atom. The predicted molar refractivity (Wildman–Crippen MR) is 61.8 cm³/mol. The number of nitrogens with one attached hydrogen (secondary N) is 1. The molecule has 2 N–H and O–H groups in total. The fourth-order valence-corrected chi connectivity index (χ4v) is 1.80. The average Bonchev–Trinajstić information content (AvgIpc) is 2.28. The largest absolute Gasteiger partial charge is 0.507 e. The summed E-state index contributed by atoms with van der Waals surface area (Å²) in [5, 5.41) is 12.4. The van der Waals surface area contributed by atoms with Crippen molar-refractivity contribution in [2.45, 2.75) is 6.92 Å². The Bertz CT molecular complexity index is 471. The Morgan fingerprint density at radius 2 is 2.24 bits per heavy atom. The number of hydrogen-bond acceptors (Lipinski definition) is 3. The van der Waals surface area contributed by atoms with Gasteiger partial charge >= 0.3 is 0 Å². The Balaban J connectivity index is 2.21. The molecule has 0 unspecified atom stereocenters. The summed E-state index contributed by atoms with van der Waals surface area (Å²) in [5.41, 5.74) is 1.13. The number of benzene rings is 1. The van der Waals surface area contributed by atoms with Crippen LogP contribution in [0, 0.1) is 6.92 Å². The predicted octanol–water partition coefficient (Wildman–Crippen LogP) is 0.273. The summed E-state index contributed by atoms with van der Waals surface area (Å²) in [6, 6.07) is 4.88. The third-order valence-corrected chi connectivity index (χ3v) is 2.71. The van der Waals surface area contributed by atoms with Gasteiger partial charge in [0.25, 0.3) is 5.91 Å². The van der Waals surface area contributed by atoms with Crippen LogP contribution in [0.5, 0.6) is 5.75 Å². The molecule has 0 saturated carbocycles. The first-order valence-electron chi connectivity index (χ1n) is 5.43. The lowest BCUT2D eigenvalue weighted by Crippen LogP contribution is -2.49. The molecule has 1 saturated heterocycles. The number of aromatic hydroxyl groups is 1. The van der Waals surface area contributed by atoms with E-state index in [9.17, 15) is 14.7 Å². The van der Waals surface area contributed by atoms with Crippen molar-refractivity contribution in [1.82, 2.24) is 10.2 Å². The standard InChI is InChI=1S/C12H14N2O3/c1-8-2-3-9(10(15)6-8)12(17)14-5-4-13-11(16)7-14/h2-3,6,15H,4-5,7H2,1H3,(H,13,16). The van der Waals surface area contributed by atoms with Crippen LogP contribution >= 0.6 is 0 Å². The van der Waals surface area contributed by atoms with Gasteiger partial charge in [0.15, 0.2) is 0 Å². The van der Waals surface area contributed by atoms with Crippen LogP contribution < -0.4 is 5.32 Å². The zero-order chi connectivity index (χ0) is 12.4. The van der Waals surface area contributed by atoms with Gasteiger partial charge in [-0.2, -0.15) is 0 Å². The van der Waals surface area contributed by atoms with E-state index in [-0.39, 0.29) is 29.7 Å². The summed E-state index contributed by atoms with van der Waals surface area (Å²) in [5.74, 6) is -0.519. The maximum atomic E-state index is 12.1. The quantitative estimate of drug-likeness (QED) is 0.733. The highest BCUT2D eigenvalue weighted by Crippen LogP contribution is 2.20. The number of phenols is 1. The van der Waals surface area contributed by atoms with E-state index in [1.54, 1.807) is 12.1 Å². The number of rotatable bonds is 1. The number of carbonyl (C=O) groups is 2. The lowest BCUT2D eigenvalue weighted by atomic mass is 10.1. The molecule has 0 spiro atoms. The van der Waals surface area contributed by atoms with Gasteiger partial charge in [0.05, 0.1) is 12.1 Å². The van der Waals surface area contributed by atoms with E-state index in [2.05, 4.69) is 5.32 Å². The zero-order valence-corrected chi connectivity index (χ0v) is 9.56. The van der Waals surface area contributed by atoms with Crippen LogP contribution in [0.25, 0.3) is 0 Å². The molecular weight excluding hydrogens is 220 g/mol. The van der Waals surface area contributed by atoms with E-state index in [0.717, 1.165) is 5.56 Å². The van der Waals surface area contributed by atoms with E-state index in [1.807, 2.05) is 6.92 Å². The monoisotopic (exact) mass is 234 g/mol. The van der Waals surface area contributed by atoms with Crippen LogP contribution in [0.15, 0.2) is 18.2 Å². The molecule has 0 aromatic heterocycles. The number of phenolic OH excluding ortho intramolecular Hbond substituents is 1. The fraction of sp³-hybridized carbons (Fsp3) is 0.333. The number of carbonyl (C=O) groups excluding carboxylic acids is 2. The van der Waals surface area contributed by atoms with Crippen LogP contribution in [0.1, 0.15) is 15.9 Å². The third-order valence-electron chi connectivity index (χ3n) is 2.71. The van der Waals surface area contributed by atoms with Crippen LogP contribution in [-0.2, 0) is 4.79 Å². The zero-order valence-electron chi connectivity index (χ0n) is 9.56. The molecule has 0 bridgehead atoms. The molecule has 1 aromatic rings. The summed E-state index contributed by atoms with van der Waals surface area (Å²) in [6.45, 7) is 2.81. The number of amides is 2. The molecule has 0 atom stereocenters. The smallest absolute Gasteiger partial charge is 0.258 e. The first-order chi connectivity index (χ1) is 8.08. The molecule has 17 heavy (non-hydrogen) atoms. The molecule has 0 radical (unpaired) electrons. The molecule has 90 valence electrons. The molecule has 2 rings (SSSR count). The van der Waals surface area contributed by atoms with E-state index >= 15 is 0 Å². The Labute approximate surface area is 99.0 Å². The third kappa shape index (κ3) is 2.38. The second-order valence-corrected chi connectivity index (χ2v) is 4.10. The summed E-state index contributed by atoms with van der Waals surface area (Å²) < 4.78 is 0. The summed E-state index contributed by atoms with van der Waals surface area (Å²) in [7, 11) is 0. The van der Waals surface area contributed by atoms with Crippen LogP contribution in [0.4, 0.5) is 0 Å². The Kier molecular flexibility index (Phi) is 2.99. The summed E-state index contributed by atoms with van der Waals surface area (Å²) >= 11 is 0. The number of piperazine rings is 1. The van der Waals surface area contributed by atoms with Crippen molar-refractivity contribution in [2.75, 3.05) is 19.6 Å². The van der Waals surface area contributed by atoms with Gasteiger partial charge in [0.1, 0.15) is 5.75 Å². The summed E-state index contributed by atoms with van der Waals surface area (Å²) in [4.78, 5) is 24.7. The van der Waals surface area contributed by atoms with Crippen molar-refractivity contribution in [3.63, 3.8) is 0 Å². The SMILES string of the molecule is Cc1ccc(C(=O)N2CCNC(=O)C2)c(O)c1. The molecular formula is C12H14N2O3. The van der Waals surface area contributed by atoms with E-state index in [0.29, 0.717) is 13.1 Å². The van der Waals surface area contributed by atoms with E-state index in [4.69, 9.17) is 0 Å². The van der Waals surface area contributed by atoms with Gasteiger partial charge in [-0.25, -0.2) is 0 Å².